The van der Waals surface area contributed by atoms with Crippen LogP contribution in [-0.4, -0.2) is 9.49 Å². The maximum atomic E-state index is 13.0. The summed E-state index contributed by atoms with van der Waals surface area (Å²) in [5.41, 5.74) is 0.0374. The Hall–Kier alpha value is -2.68. The summed E-state index contributed by atoms with van der Waals surface area (Å²) in [5, 5.41) is 19.6. The minimum atomic E-state index is -0.689. The van der Waals surface area contributed by atoms with Crippen molar-refractivity contribution in [1.29, 1.82) is 5.26 Å². The molecule has 2 aromatic rings. The normalized spacial score (nSPS) is 9.88. The lowest BCUT2D eigenvalue weighted by Gasteiger charge is -2.05. The van der Waals surface area contributed by atoms with Gasteiger partial charge in [0.25, 0.3) is 5.69 Å². The summed E-state index contributed by atoms with van der Waals surface area (Å²) in [6.07, 6.45) is 1.51. The number of nitrogens with zero attached hydrogens (tertiary/aromatic N) is 3. The largest absolute Gasteiger partial charge is 0.302 e. The minimum absolute atomic E-state index is 0.165. The van der Waals surface area contributed by atoms with Crippen LogP contribution in [0.1, 0.15) is 5.69 Å². The molecular weight excluding hydrogens is 225 g/mol. The Morgan fingerprint density at radius 3 is 2.82 bits per heavy atom. The lowest BCUT2D eigenvalue weighted by atomic mass is 10.2. The Morgan fingerprint density at radius 2 is 2.18 bits per heavy atom. The second-order valence-electron chi connectivity index (χ2n) is 3.27. The molecule has 0 unspecified atom stereocenters. The Balaban J connectivity index is 2.68. The first kappa shape index (κ1) is 10.8. The monoisotopic (exact) mass is 231 g/mol. The second-order valence-corrected chi connectivity index (χ2v) is 3.27. The van der Waals surface area contributed by atoms with Crippen molar-refractivity contribution in [2.24, 2.45) is 0 Å². The van der Waals surface area contributed by atoms with Crippen LogP contribution >= 0.6 is 0 Å². The first-order valence-corrected chi connectivity index (χ1v) is 4.65. The Bertz CT molecular complexity index is 628. The molecule has 0 atom stereocenters. The lowest BCUT2D eigenvalue weighted by molar-refractivity contribution is -0.384. The average Bonchev–Trinajstić information content (AvgIpc) is 2.76. The van der Waals surface area contributed by atoms with E-state index < -0.39 is 10.7 Å². The second kappa shape index (κ2) is 4.06. The number of nitriles is 1. The van der Waals surface area contributed by atoms with E-state index >= 15 is 0 Å². The van der Waals surface area contributed by atoms with E-state index in [4.69, 9.17) is 5.26 Å². The van der Waals surface area contributed by atoms with Crippen molar-refractivity contribution in [2.45, 2.75) is 0 Å². The van der Waals surface area contributed by atoms with Gasteiger partial charge >= 0.3 is 0 Å². The Kier molecular flexibility index (Phi) is 2.58. The highest BCUT2D eigenvalue weighted by Gasteiger charge is 2.17. The number of nitro groups is 1. The van der Waals surface area contributed by atoms with Gasteiger partial charge in [-0.3, -0.25) is 10.1 Å². The van der Waals surface area contributed by atoms with Crippen molar-refractivity contribution in [2.75, 3.05) is 0 Å². The van der Waals surface area contributed by atoms with E-state index in [-0.39, 0.29) is 17.1 Å². The van der Waals surface area contributed by atoms with Crippen LogP contribution in [0.5, 0.6) is 0 Å². The van der Waals surface area contributed by atoms with Gasteiger partial charge in [-0.15, -0.1) is 0 Å². The highest BCUT2D eigenvalue weighted by atomic mass is 19.1. The number of benzene rings is 1. The van der Waals surface area contributed by atoms with Gasteiger partial charge in [0.05, 0.1) is 11.0 Å². The number of aromatic nitrogens is 1. The molecule has 0 aliphatic rings. The highest BCUT2D eigenvalue weighted by Crippen LogP contribution is 2.25. The molecule has 0 N–H and O–H groups in total. The third-order valence-corrected chi connectivity index (χ3v) is 2.26. The first-order chi connectivity index (χ1) is 8.13. The number of nitro benzene ring substituents is 1. The minimum Gasteiger partial charge on any atom is -0.302 e. The van der Waals surface area contributed by atoms with Gasteiger partial charge in [-0.25, -0.2) is 4.39 Å². The number of hydrogen-bond donors (Lipinski definition) is 0. The summed E-state index contributed by atoms with van der Waals surface area (Å²) in [5.74, 6) is -0.689. The number of halogens is 1. The van der Waals surface area contributed by atoms with Crippen molar-refractivity contribution < 1.29 is 9.31 Å². The molecule has 0 aliphatic heterocycles. The van der Waals surface area contributed by atoms with Gasteiger partial charge in [-0.1, -0.05) is 0 Å². The molecule has 0 aliphatic carbocycles. The summed E-state index contributed by atoms with van der Waals surface area (Å²) in [7, 11) is 0. The van der Waals surface area contributed by atoms with E-state index in [1.54, 1.807) is 6.07 Å². The molecule has 0 radical (unpaired) electrons. The molecule has 1 aromatic carbocycles. The van der Waals surface area contributed by atoms with Crippen LogP contribution in [0.4, 0.5) is 10.1 Å². The molecule has 17 heavy (non-hydrogen) atoms. The SMILES string of the molecule is N#Cc1cccn1-c1ccc(F)cc1[N+](=O)[O-]. The molecule has 0 saturated carbocycles. The van der Waals surface area contributed by atoms with Gasteiger partial charge in [0.2, 0.25) is 0 Å². The summed E-state index contributed by atoms with van der Waals surface area (Å²) in [4.78, 5) is 10.1. The maximum absolute atomic E-state index is 13.0. The van der Waals surface area contributed by atoms with Crippen molar-refractivity contribution in [3.05, 3.63) is 58.2 Å². The van der Waals surface area contributed by atoms with Crippen molar-refractivity contribution in [3.8, 4) is 11.8 Å². The number of hydrogen-bond acceptors (Lipinski definition) is 3. The molecule has 0 spiro atoms. The topological polar surface area (TPSA) is 71.9 Å². The van der Waals surface area contributed by atoms with E-state index in [0.717, 1.165) is 12.1 Å². The Morgan fingerprint density at radius 1 is 1.41 bits per heavy atom. The van der Waals surface area contributed by atoms with Crippen LogP contribution in [-0.2, 0) is 0 Å². The third-order valence-electron chi connectivity index (χ3n) is 2.26. The molecule has 1 heterocycles. The molecule has 0 bridgehead atoms. The molecule has 0 saturated heterocycles. The predicted octanol–water partition coefficient (Wildman–Crippen LogP) is 2.40. The standard InChI is InChI=1S/C11H6FN3O2/c12-8-3-4-10(11(6-8)15(16)17)14-5-1-2-9(14)7-13/h1-6H. The fourth-order valence-electron chi connectivity index (χ4n) is 1.53. The summed E-state index contributed by atoms with van der Waals surface area (Å²) in [6.45, 7) is 0. The Labute approximate surface area is 95.5 Å². The molecule has 84 valence electrons. The van der Waals surface area contributed by atoms with Crippen LogP contribution in [0.15, 0.2) is 36.5 Å². The quantitative estimate of drug-likeness (QED) is 0.588. The zero-order valence-electron chi connectivity index (χ0n) is 8.50. The van der Waals surface area contributed by atoms with Crippen LogP contribution < -0.4 is 0 Å². The highest BCUT2D eigenvalue weighted by molar-refractivity contribution is 5.54. The van der Waals surface area contributed by atoms with Gasteiger partial charge in [0.1, 0.15) is 23.3 Å². The maximum Gasteiger partial charge on any atom is 0.296 e. The molecule has 0 amide bonds. The van der Waals surface area contributed by atoms with Crippen LogP contribution in [0.3, 0.4) is 0 Å². The number of rotatable bonds is 2. The van der Waals surface area contributed by atoms with Gasteiger partial charge in [-0.2, -0.15) is 5.26 Å². The zero-order valence-corrected chi connectivity index (χ0v) is 8.50. The van der Waals surface area contributed by atoms with E-state index in [9.17, 15) is 14.5 Å². The van der Waals surface area contributed by atoms with Gasteiger partial charge in [-0.05, 0) is 24.3 Å². The van der Waals surface area contributed by atoms with Crippen molar-refractivity contribution in [3.63, 3.8) is 0 Å². The lowest BCUT2D eigenvalue weighted by Crippen LogP contribution is -2.01. The zero-order chi connectivity index (χ0) is 12.4. The smallest absolute Gasteiger partial charge is 0.296 e. The molecule has 6 heteroatoms. The van der Waals surface area contributed by atoms with E-state index in [1.807, 2.05) is 6.07 Å². The van der Waals surface area contributed by atoms with E-state index in [1.165, 1.54) is 22.9 Å². The summed E-state index contributed by atoms with van der Waals surface area (Å²) in [6, 6.07) is 8.23. The fraction of sp³-hybridized carbons (Fsp3) is 0. The predicted molar refractivity (Wildman–Crippen MR) is 57.1 cm³/mol. The molecule has 1 aromatic heterocycles. The third kappa shape index (κ3) is 1.86. The summed E-state index contributed by atoms with van der Waals surface area (Å²) < 4.78 is 14.3. The molecule has 5 nitrogen and oxygen atoms in total. The van der Waals surface area contributed by atoms with Crippen LogP contribution in [0.25, 0.3) is 5.69 Å². The van der Waals surface area contributed by atoms with E-state index in [0.29, 0.717) is 0 Å². The van der Waals surface area contributed by atoms with E-state index in [2.05, 4.69) is 0 Å². The molecule has 2 rings (SSSR count). The molecular formula is C11H6FN3O2. The molecule has 0 fully saturated rings. The average molecular weight is 231 g/mol. The van der Waals surface area contributed by atoms with Crippen LogP contribution in [0, 0.1) is 27.3 Å². The van der Waals surface area contributed by atoms with Crippen LogP contribution in [0.2, 0.25) is 0 Å². The van der Waals surface area contributed by atoms with Gasteiger partial charge < -0.3 is 4.57 Å². The van der Waals surface area contributed by atoms with Crippen molar-refractivity contribution >= 4 is 5.69 Å². The summed E-state index contributed by atoms with van der Waals surface area (Å²) >= 11 is 0. The van der Waals surface area contributed by atoms with Crippen molar-refractivity contribution in [1.82, 2.24) is 4.57 Å². The van der Waals surface area contributed by atoms with Gasteiger partial charge in [0, 0.05) is 6.20 Å². The first-order valence-electron chi connectivity index (χ1n) is 4.65. The van der Waals surface area contributed by atoms with Gasteiger partial charge in [0.15, 0.2) is 0 Å². The fourth-order valence-corrected chi connectivity index (χ4v) is 1.53.